The molecule has 0 saturated carbocycles. The van der Waals surface area contributed by atoms with Gasteiger partial charge in [0.1, 0.15) is 79.0 Å². The zero-order valence-corrected chi connectivity index (χ0v) is 55.6. The summed E-state index contributed by atoms with van der Waals surface area (Å²) in [5, 5.41) is 25.1. The maximum atomic E-state index is 12.8. The highest BCUT2D eigenvalue weighted by atomic mass is 16.8. The van der Waals surface area contributed by atoms with Crippen LogP contribution in [0.1, 0.15) is 50.1 Å². The van der Waals surface area contributed by atoms with Crippen molar-refractivity contribution in [2.24, 2.45) is 0 Å². The van der Waals surface area contributed by atoms with E-state index < -0.39 is 92.1 Å². The standard InChI is InChI=1S/C82H88O17/c1-85-67-44-42-66(43-45-67)54-93-78-74(89-49-61-32-16-5-17-33-61)71(83)68(55-86-46-58-26-10-2-11-27-58)96-81(78)99-73-70(57-88-48-60-30-14-4-15-31-60)97-82(79(94-53-65-40-24-9-25-41-65)76(73)91-51-63-36-20-7-21-37-63)98-72-69(56-87-47-59-28-12-3-13-29-59)95-80(84)77(92-52-64-38-22-8-23-39-64)75(72)90-50-62-34-18-6-19-35-62/h2-45,68-84H,46-57H2,1H3/t68-,69-,70-,71-,72-,73-,74+,75+,76+,77+,78+,79+,80+,81+,82+/m1/s1. The summed E-state index contributed by atoms with van der Waals surface area (Å²) in [6, 6.07) is 85.9. The quantitative estimate of drug-likeness (QED) is 0.0383. The van der Waals surface area contributed by atoms with E-state index in [9.17, 15) is 10.2 Å². The van der Waals surface area contributed by atoms with Crippen LogP contribution in [0.3, 0.4) is 0 Å². The highest BCUT2D eigenvalue weighted by Crippen LogP contribution is 2.39. The molecule has 2 N–H and O–H groups in total. The van der Waals surface area contributed by atoms with Crippen molar-refractivity contribution in [3.8, 4) is 5.75 Å². The lowest BCUT2D eigenvalue weighted by molar-refractivity contribution is -0.393. The summed E-state index contributed by atoms with van der Waals surface area (Å²) in [6.07, 6.45) is -17.3. The Hall–Kier alpha value is -7.86. The van der Waals surface area contributed by atoms with Crippen LogP contribution >= 0.6 is 0 Å². The predicted molar refractivity (Wildman–Crippen MR) is 369 cm³/mol. The second kappa shape index (κ2) is 37.5. The molecule has 0 aromatic heterocycles. The molecule has 0 unspecified atom stereocenters. The molecular formula is C82H88O17. The molecule has 9 aromatic rings. The Labute approximate surface area is 579 Å². The summed E-state index contributed by atoms with van der Waals surface area (Å²) in [4.78, 5) is 0. The molecule has 3 aliphatic heterocycles. The Bertz CT molecular complexity index is 3670. The van der Waals surface area contributed by atoms with Crippen molar-refractivity contribution >= 4 is 0 Å². The van der Waals surface area contributed by atoms with Gasteiger partial charge in [-0.15, -0.1) is 0 Å². The van der Waals surface area contributed by atoms with Gasteiger partial charge in [0.15, 0.2) is 18.9 Å². The van der Waals surface area contributed by atoms with Crippen molar-refractivity contribution < 1.29 is 81.3 Å². The van der Waals surface area contributed by atoms with E-state index in [1.54, 1.807) is 7.11 Å². The zero-order valence-electron chi connectivity index (χ0n) is 55.6. The normalized spacial score (nSPS) is 25.4. The lowest BCUT2D eigenvalue weighted by Gasteiger charge is -2.51. The average Bonchev–Trinajstić information content (AvgIpc) is 0.768. The van der Waals surface area contributed by atoms with Crippen LogP contribution in [0.2, 0.25) is 0 Å². The van der Waals surface area contributed by atoms with E-state index >= 15 is 0 Å². The minimum atomic E-state index is -1.50. The molecule has 3 heterocycles. The van der Waals surface area contributed by atoms with Crippen LogP contribution in [0.4, 0.5) is 0 Å². The van der Waals surface area contributed by atoms with Crippen molar-refractivity contribution in [2.45, 2.75) is 152 Å². The number of rotatable bonds is 35. The molecule has 0 spiro atoms. The van der Waals surface area contributed by atoms with Crippen LogP contribution in [0, 0.1) is 0 Å². The van der Waals surface area contributed by atoms with Crippen molar-refractivity contribution in [1.82, 2.24) is 0 Å². The number of hydrogen-bond donors (Lipinski definition) is 2. The number of aliphatic hydroxyl groups excluding tert-OH is 2. The Kier molecular flexibility index (Phi) is 26.9. The molecular weight excluding hydrogens is 1260 g/mol. The van der Waals surface area contributed by atoms with Gasteiger partial charge in [0.25, 0.3) is 0 Å². The van der Waals surface area contributed by atoms with Crippen LogP contribution in [-0.4, -0.2) is 129 Å². The molecule has 518 valence electrons. The van der Waals surface area contributed by atoms with Gasteiger partial charge in [-0.2, -0.15) is 0 Å². The van der Waals surface area contributed by atoms with Gasteiger partial charge in [-0.3, -0.25) is 0 Å². The van der Waals surface area contributed by atoms with Gasteiger partial charge in [0.05, 0.1) is 86.4 Å². The van der Waals surface area contributed by atoms with Crippen molar-refractivity contribution in [3.05, 3.63) is 317 Å². The van der Waals surface area contributed by atoms with E-state index in [1.165, 1.54) is 0 Å². The smallest absolute Gasteiger partial charge is 0.187 e. The third-order valence-corrected chi connectivity index (χ3v) is 17.6. The maximum absolute atomic E-state index is 12.8. The zero-order chi connectivity index (χ0) is 67.6. The molecule has 0 radical (unpaired) electrons. The fourth-order valence-electron chi connectivity index (χ4n) is 12.4. The van der Waals surface area contributed by atoms with Crippen molar-refractivity contribution in [3.63, 3.8) is 0 Å². The molecule has 0 bridgehead atoms. The summed E-state index contributed by atoms with van der Waals surface area (Å²) in [5.74, 6) is 0.677. The highest BCUT2D eigenvalue weighted by Gasteiger charge is 2.57. The number of aliphatic hydroxyl groups is 2. The first-order chi connectivity index (χ1) is 48.9. The fourth-order valence-corrected chi connectivity index (χ4v) is 12.4. The number of ether oxygens (including phenoxy) is 15. The summed E-state index contributed by atoms with van der Waals surface area (Å²) < 4.78 is 104. The first kappa shape index (κ1) is 71.0. The topological polar surface area (TPSA) is 179 Å². The number of benzene rings is 9. The molecule has 9 aromatic carbocycles. The second-order valence-electron chi connectivity index (χ2n) is 24.8. The summed E-state index contributed by atoms with van der Waals surface area (Å²) in [7, 11) is 1.62. The van der Waals surface area contributed by atoms with E-state index in [0.717, 1.165) is 50.1 Å². The molecule has 15 atom stereocenters. The van der Waals surface area contributed by atoms with Gasteiger partial charge in [-0.25, -0.2) is 0 Å². The minimum absolute atomic E-state index is 0.0503. The van der Waals surface area contributed by atoms with E-state index in [4.69, 9.17) is 71.1 Å². The van der Waals surface area contributed by atoms with Gasteiger partial charge in [-0.1, -0.05) is 255 Å². The van der Waals surface area contributed by atoms with E-state index in [0.29, 0.717) is 5.75 Å². The molecule has 0 aliphatic carbocycles. The molecule has 99 heavy (non-hydrogen) atoms. The van der Waals surface area contributed by atoms with Crippen LogP contribution in [0.15, 0.2) is 267 Å². The summed E-state index contributed by atoms with van der Waals surface area (Å²) in [5.41, 5.74) is 7.94. The summed E-state index contributed by atoms with van der Waals surface area (Å²) >= 11 is 0. The van der Waals surface area contributed by atoms with Gasteiger partial charge in [0.2, 0.25) is 0 Å². The van der Waals surface area contributed by atoms with Crippen LogP contribution < -0.4 is 4.74 Å². The molecule has 17 heteroatoms. The Morgan fingerprint density at radius 3 is 0.879 bits per heavy atom. The minimum Gasteiger partial charge on any atom is -0.497 e. The maximum Gasteiger partial charge on any atom is 0.187 e. The fraction of sp³-hybridized carbons (Fsp3) is 0.341. The summed E-state index contributed by atoms with van der Waals surface area (Å²) in [6.45, 7) is 1.02. The first-order valence-corrected chi connectivity index (χ1v) is 33.9. The number of hydrogen-bond acceptors (Lipinski definition) is 17. The van der Waals surface area contributed by atoms with Gasteiger partial charge in [0, 0.05) is 0 Å². The van der Waals surface area contributed by atoms with Crippen LogP contribution in [0.25, 0.3) is 0 Å². The van der Waals surface area contributed by atoms with Gasteiger partial charge < -0.3 is 81.3 Å². The number of methoxy groups -OCH3 is 1. The SMILES string of the molecule is COc1ccc(CO[C@@H]2[C@H](O[C@H]3[C@H](OCc4ccccc4)[C@H](OCc4ccccc4)[C@H](O[C@H]4[C@H](OCc5ccccc5)[C@H](OCc5ccccc5)[C@@H](O)O[C@@H]4COCc4ccccc4)O[C@@H]3COCc3ccccc3)O[C@H](COCc3ccccc3)[C@@H](O)[C@@H]2OCc2ccccc2)cc1. The molecule has 3 aliphatic rings. The Balaban J connectivity index is 0.963. The van der Waals surface area contributed by atoms with E-state index in [1.807, 2.05) is 267 Å². The third kappa shape index (κ3) is 20.7. The van der Waals surface area contributed by atoms with Gasteiger partial charge >= 0.3 is 0 Å². The molecule has 3 fully saturated rings. The molecule has 17 nitrogen and oxygen atoms in total. The lowest BCUT2D eigenvalue weighted by Crippen LogP contribution is -2.68. The van der Waals surface area contributed by atoms with E-state index in [2.05, 4.69) is 0 Å². The first-order valence-electron chi connectivity index (χ1n) is 33.9. The monoisotopic (exact) mass is 1340 g/mol. The predicted octanol–water partition coefficient (Wildman–Crippen LogP) is 12.5. The average molecular weight is 1350 g/mol. The van der Waals surface area contributed by atoms with E-state index in [-0.39, 0.29) is 79.3 Å². The van der Waals surface area contributed by atoms with Crippen molar-refractivity contribution in [1.29, 1.82) is 0 Å². The molecule has 12 rings (SSSR count). The molecule has 3 saturated heterocycles. The van der Waals surface area contributed by atoms with Gasteiger partial charge in [-0.05, 0) is 62.2 Å². The Morgan fingerprint density at radius 1 is 0.263 bits per heavy atom. The third-order valence-electron chi connectivity index (χ3n) is 17.6. The molecule has 0 amide bonds. The highest BCUT2D eigenvalue weighted by molar-refractivity contribution is 5.27. The largest absolute Gasteiger partial charge is 0.497 e. The lowest BCUT2D eigenvalue weighted by atomic mass is 9.95. The van der Waals surface area contributed by atoms with Crippen LogP contribution in [0.5, 0.6) is 5.75 Å². The van der Waals surface area contributed by atoms with Crippen LogP contribution in [-0.2, 0) is 126 Å². The van der Waals surface area contributed by atoms with Crippen molar-refractivity contribution in [2.75, 3.05) is 26.9 Å². The Morgan fingerprint density at radius 2 is 0.525 bits per heavy atom. The second-order valence-corrected chi connectivity index (χ2v) is 24.8.